The molecule has 0 heterocycles. The van der Waals surface area contributed by atoms with Crippen molar-refractivity contribution in [2.24, 2.45) is 11.5 Å². The Hall–Kier alpha value is 0.172. The Bertz CT molecular complexity index is 78.6. The molecule has 51 valence electrons. The summed E-state index contributed by atoms with van der Waals surface area (Å²) < 4.78 is 0. The predicted octanol–water partition coefficient (Wildman–Crippen LogP) is -0.391. The van der Waals surface area contributed by atoms with Crippen molar-refractivity contribution in [3.63, 3.8) is 0 Å². The minimum Gasteiger partial charge on any atom is -0.361 e. The van der Waals surface area contributed by atoms with E-state index in [9.17, 15) is 0 Å². The number of thiol groups is 2. The summed E-state index contributed by atoms with van der Waals surface area (Å²) >= 11 is 6.21. The van der Waals surface area contributed by atoms with Crippen LogP contribution < -0.4 is 11.5 Å². The number of amides is 2. The molecule has 0 aromatic heterocycles. The molecule has 4 nitrogen and oxygen atoms in total. The number of nitrogens with two attached hydrogens (primary N) is 2. The van der Waals surface area contributed by atoms with Crippen LogP contribution in [0.15, 0.2) is 0 Å². The Balaban J connectivity index is -0.0000000720. The van der Waals surface area contributed by atoms with Crippen molar-refractivity contribution in [3.8, 4) is 0 Å². The van der Waals surface area contributed by atoms with Crippen molar-refractivity contribution in [2.75, 3.05) is 0 Å². The zero-order valence-corrected chi connectivity index (χ0v) is 7.39. The summed E-state index contributed by atoms with van der Waals surface area (Å²) in [5, 5.41) is -1.28. The van der Waals surface area contributed by atoms with Gasteiger partial charge in [0.25, 0.3) is 10.5 Å². The van der Waals surface area contributed by atoms with Crippen molar-refractivity contribution >= 4 is 53.1 Å². The molecule has 0 spiro atoms. The van der Waals surface area contributed by atoms with Crippen LogP contribution >= 0.6 is 25.3 Å². The lowest BCUT2D eigenvalue weighted by Crippen LogP contribution is -1.95. The third-order valence-corrected chi connectivity index (χ3v) is 0. The Labute approximate surface area is 74.3 Å². The van der Waals surface area contributed by atoms with E-state index in [1.54, 1.807) is 0 Å². The summed E-state index contributed by atoms with van der Waals surface area (Å²) in [5.74, 6) is 0. The van der Waals surface area contributed by atoms with Gasteiger partial charge in [0.1, 0.15) is 0 Å². The summed E-state index contributed by atoms with van der Waals surface area (Å²) in [6.07, 6.45) is 0. The standard InChI is InChI=1S/2CH3NOS.Al/c2*2-1(3)4;/h2*(H3,2,3,4);. The summed E-state index contributed by atoms with van der Waals surface area (Å²) in [4.78, 5) is 18.2. The normalized spacial score (nSPS) is 5.56. The molecule has 0 saturated carbocycles. The number of hydrogen-bond donors (Lipinski definition) is 4. The molecule has 0 saturated heterocycles. The molecule has 2 amide bonds. The van der Waals surface area contributed by atoms with Gasteiger partial charge in [-0.3, -0.25) is 9.59 Å². The maximum atomic E-state index is 9.09. The second kappa shape index (κ2) is 11.0. The molecule has 7 heteroatoms. The SMILES string of the molecule is NC(=O)S.NC(=O)S.[Al]. The highest BCUT2D eigenvalue weighted by atomic mass is 32.1. The van der Waals surface area contributed by atoms with Crippen LogP contribution in [-0.4, -0.2) is 27.8 Å². The first kappa shape index (κ1) is 16.1. The van der Waals surface area contributed by atoms with E-state index in [2.05, 4.69) is 36.7 Å². The van der Waals surface area contributed by atoms with Crippen LogP contribution in [-0.2, 0) is 0 Å². The van der Waals surface area contributed by atoms with E-state index in [4.69, 9.17) is 9.59 Å². The zero-order chi connectivity index (χ0) is 7.15. The first-order valence-electron chi connectivity index (χ1n) is 1.43. The molecule has 0 bridgehead atoms. The average molecular weight is 181 g/mol. The fraction of sp³-hybridized carbons (Fsp3) is 0. The topological polar surface area (TPSA) is 86.2 Å². The molecular formula is C2H6AlN2O2S2. The molecule has 4 N–H and O–H groups in total. The first-order chi connectivity index (χ1) is 3.46. The quantitative estimate of drug-likeness (QED) is 0.303. The van der Waals surface area contributed by atoms with Gasteiger partial charge >= 0.3 is 0 Å². The van der Waals surface area contributed by atoms with Crippen LogP contribution in [0.2, 0.25) is 0 Å². The lowest BCUT2D eigenvalue weighted by molar-refractivity contribution is 0.266. The Morgan fingerprint density at radius 1 is 1.00 bits per heavy atom. The van der Waals surface area contributed by atoms with Gasteiger partial charge in [0.15, 0.2) is 0 Å². The summed E-state index contributed by atoms with van der Waals surface area (Å²) in [6.45, 7) is 0. The summed E-state index contributed by atoms with van der Waals surface area (Å²) in [6, 6.07) is 0. The molecule has 0 aromatic carbocycles. The first-order valence-corrected chi connectivity index (χ1v) is 2.33. The lowest BCUT2D eigenvalue weighted by atomic mass is 11.5. The Morgan fingerprint density at radius 2 is 1.00 bits per heavy atom. The van der Waals surface area contributed by atoms with Crippen LogP contribution in [0, 0.1) is 0 Å². The van der Waals surface area contributed by atoms with Crippen molar-refractivity contribution in [1.29, 1.82) is 0 Å². The van der Waals surface area contributed by atoms with Crippen LogP contribution in [0.25, 0.3) is 0 Å². The van der Waals surface area contributed by atoms with Gasteiger partial charge in [-0.15, -0.1) is 0 Å². The van der Waals surface area contributed by atoms with Crippen LogP contribution in [0.1, 0.15) is 0 Å². The Morgan fingerprint density at radius 3 is 1.00 bits per heavy atom. The molecule has 0 rings (SSSR count). The lowest BCUT2D eigenvalue weighted by Gasteiger charge is -1.59. The van der Waals surface area contributed by atoms with Gasteiger partial charge in [0.05, 0.1) is 0 Å². The third-order valence-electron chi connectivity index (χ3n) is 0. The van der Waals surface area contributed by atoms with E-state index in [0.29, 0.717) is 0 Å². The molecule has 0 aliphatic heterocycles. The van der Waals surface area contributed by atoms with E-state index < -0.39 is 10.5 Å². The molecule has 0 atom stereocenters. The van der Waals surface area contributed by atoms with E-state index in [0.717, 1.165) is 0 Å². The minimum absolute atomic E-state index is 0. The number of carbonyl (C=O) groups excluding carboxylic acids is 2. The highest BCUT2D eigenvalue weighted by Crippen LogP contribution is 1.61. The van der Waals surface area contributed by atoms with Gasteiger partial charge in [-0.05, 0) is 0 Å². The van der Waals surface area contributed by atoms with Gasteiger partial charge < -0.3 is 11.5 Å². The highest BCUT2D eigenvalue weighted by Gasteiger charge is 1.63. The molecule has 0 fully saturated rings. The fourth-order valence-corrected chi connectivity index (χ4v) is 0. The van der Waals surface area contributed by atoms with Gasteiger partial charge in [0.2, 0.25) is 0 Å². The average Bonchev–Trinajstić information content (AvgIpc) is 1.25. The maximum Gasteiger partial charge on any atom is 0.273 e. The van der Waals surface area contributed by atoms with Crippen molar-refractivity contribution in [3.05, 3.63) is 0 Å². The minimum atomic E-state index is -0.639. The monoisotopic (exact) mass is 181 g/mol. The third kappa shape index (κ3) is 10500. The number of rotatable bonds is 0. The second-order valence-electron chi connectivity index (χ2n) is 0.676. The van der Waals surface area contributed by atoms with Gasteiger partial charge in [0, 0.05) is 17.4 Å². The number of hydrogen-bond acceptors (Lipinski definition) is 2. The smallest absolute Gasteiger partial charge is 0.273 e. The molecule has 0 unspecified atom stereocenters. The van der Waals surface area contributed by atoms with Crippen LogP contribution in [0.4, 0.5) is 9.59 Å². The summed E-state index contributed by atoms with van der Waals surface area (Å²) in [7, 11) is 0. The van der Waals surface area contributed by atoms with Gasteiger partial charge in [-0.1, -0.05) is 25.3 Å². The number of carbonyl (C=O) groups is 2. The van der Waals surface area contributed by atoms with E-state index >= 15 is 0 Å². The van der Waals surface area contributed by atoms with Gasteiger partial charge in [-0.25, -0.2) is 0 Å². The fourth-order valence-electron chi connectivity index (χ4n) is 0. The largest absolute Gasteiger partial charge is 0.361 e. The van der Waals surface area contributed by atoms with Crippen molar-refractivity contribution < 1.29 is 9.59 Å². The van der Waals surface area contributed by atoms with Crippen LogP contribution in [0.3, 0.4) is 0 Å². The molecule has 0 aromatic rings. The number of primary amides is 2. The van der Waals surface area contributed by atoms with Crippen molar-refractivity contribution in [2.45, 2.75) is 0 Å². The zero-order valence-electron chi connectivity index (χ0n) is 4.44. The van der Waals surface area contributed by atoms with Crippen molar-refractivity contribution in [1.82, 2.24) is 0 Å². The molecular weight excluding hydrogens is 175 g/mol. The highest BCUT2D eigenvalue weighted by molar-refractivity contribution is 7.96. The predicted molar refractivity (Wildman–Crippen MR) is 42.9 cm³/mol. The molecule has 3 radical (unpaired) electrons. The van der Waals surface area contributed by atoms with E-state index in [1.807, 2.05) is 0 Å². The summed E-state index contributed by atoms with van der Waals surface area (Å²) in [5.41, 5.74) is 8.67. The molecule has 0 aliphatic rings. The van der Waals surface area contributed by atoms with Crippen LogP contribution in [0.5, 0.6) is 0 Å². The van der Waals surface area contributed by atoms with Gasteiger partial charge in [-0.2, -0.15) is 0 Å². The Kier molecular flexibility index (Phi) is 19.7. The molecule has 9 heavy (non-hydrogen) atoms. The maximum absolute atomic E-state index is 9.09. The van der Waals surface area contributed by atoms with E-state index in [-0.39, 0.29) is 17.4 Å². The second-order valence-corrected chi connectivity index (χ2v) is 1.56. The molecule has 0 aliphatic carbocycles. The van der Waals surface area contributed by atoms with E-state index in [1.165, 1.54) is 0 Å².